The van der Waals surface area contributed by atoms with E-state index in [1.165, 1.54) is 73.5 Å². The molecular formula is C23H26F2N6S. The molecule has 1 saturated carbocycles. The summed E-state index contributed by atoms with van der Waals surface area (Å²) >= 11 is 1.45. The molecule has 6 rings (SSSR count). The van der Waals surface area contributed by atoms with Crippen LogP contribution in [0.15, 0.2) is 29.9 Å². The zero-order valence-electron chi connectivity index (χ0n) is 18.0. The van der Waals surface area contributed by atoms with Gasteiger partial charge in [-0.25, -0.2) is 23.3 Å². The fourth-order valence-electron chi connectivity index (χ4n) is 4.42. The number of aryl methyl sites for hydroxylation is 1. The number of imidazole rings is 1. The van der Waals surface area contributed by atoms with Gasteiger partial charge in [0.1, 0.15) is 16.2 Å². The number of hydrogen-bond acceptors (Lipinski definition) is 6. The van der Waals surface area contributed by atoms with Crippen molar-refractivity contribution in [2.24, 2.45) is 0 Å². The van der Waals surface area contributed by atoms with Gasteiger partial charge in [-0.05, 0) is 56.8 Å². The van der Waals surface area contributed by atoms with E-state index in [-0.39, 0.29) is 11.2 Å². The summed E-state index contributed by atoms with van der Waals surface area (Å²) < 4.78 is 27.9. The van der Waals surface area contributed by atoms with Gasteiger partial charge in [-0.1, -0.05) is 19.3 Å². The third-order valence-electron chi connectivity index (χ3n) is 6.23. The molecule has 0 spiro atoms. The summed E-state index contributed by atoms with van der Waals surface area (Å²) in [5, 5.41) is 6.21. The highest BCUT2D eigenvalue weighted by Gasteiger charge is 2.24. The van der Waals surface area contributed by atoms with E-state index in [9.17, 15) is 8.78 Å². The molecule has 9 heteroatoms. The summed E-state index contributed by atoms with van der Waals surface area (Å²) in [4.78, 5) is 16.2. The average molecular weight is 457 g/mol. The SMILES string of the molecule is C1CCC(N2CCC2)CC1.Cc1cn2nc(-c3cnc4ccsc4n3)cc(C(F)F)c2n1. The van der Waals surface area contributed by atoms with Gasteiger partial charge >= 0.3 is 0 Å². The number of hydrogen-bond donors (Lipinski definition) is 0. The van der Waals surface area contributed by atoms with E-state index >= 15 is 0 Å². The second-order valence-electron chi connectivity index (χ2n) is 8.48. The minimum absolute atomic E-state index is 0.161. The van der Waals surface area contributed by atoms with Crippen molar-refractivity contribution < 1.29 is 8.78 Å². The van der Waals surface area contributed by atoms with Crippen LogP contribution in [0.1, 0.15) is 56.2 Å². The molecule has 0 N–H and O–H groups in total. The number of nitrogens with zero attached hydrogens (tertiary/aromatic N) is 6. The van der Waals surface area contributed by atoms with Crippen LogP contribution in [0.5, 0.6) is 0 Å². The summed E-state index contributed by atoms with van der Waals surface area (Å²) in [6, 6.07) is 4.18. The number of alkyl halides is 2. The molecule has 1 saturated heterocycles. The molecule has 6 nitrogen and oxygen atoms in total. The van der Waals surface area contributed by atoms with E-state index in [4.69, 9.17) is 0 Å². The fraction of sp³-hybridized carbons (Fsp3) is 0.478. The van der Waals surface area contributed by atoms with Crippen LogP contribution in [-0.2, 0) is 0 Å². The van der Waals surface area contributed by atoms with Gasteiger partial charge in [-0.2, -0.15) is 5.10 Å². The second kappa shape index (κ2) is 9.15. The number of halogens is 2. The maximum atomic E-state index is 13.3. The summed E-state index contributed by atoms with van der Waals surface area (Å²) in [5.74, 6) is 0. The summed E-state index contributed by atoms with van der Waals surface area (Å²) in [7, 11) is 0. The molecule has 0 bridgehead atoms. The van der Waals surface area contributed by atoms with Crippen LogP contribution in [0.25, 0.3) is 27.4 Å². The fourth-order valence-corrected chi connectivity index (χ4v) is 5.14. The molecule has 0 atom stereocenters. The normalized spacial score (nSPS) is 17.5. The Balaban J connectivity index is 0.000000180. The van der Waals surface area contributed by atoms with Crippen molar-refractivity contribution in [1.82, 2.24) is 29.5 Å². The standard InChI is InChI=1S/C14H9F2N5S.C9H17N/c1-7-6-21-13(18-7)8(12(15)16)4-10(20-21)11-5-17-9-2-3-22-14(9)19-11;1-2-5-9(6-3-1)10-7-4-8-10/h2-6,12H,1H3;9H,1-8H2. The number of fused-ring (bicyclic) bond motifs is 2. The van der Waals surface area contributed by atoms with Crippen molar-refractivity contribution in [1.29, 1.82) is 0 Å². The van der Waals surface area contributed by atoms with E-state index in [0.29, 0.717) is 17.1 Å². The zero-order chi connectivity index (χ0) is 22.1. The molecule has 0 unspecified atom stereocenters. The van der Waals surface area contributed by atoms with Gasteiger partial charge in [-0.3, -0.25) is 4.98 Å². The maximum absolute atomic E-state index is 13.3. The van der Waals surface area contributed by atoms with Gasteiger partial charge in [0.25, 0.3) is 6.43 Å². The lowest BCUT2D eigenvalue weighted by Gasteiger charge is -2.40. The smallest absolute Gasteiger partial charge is 0.267 e. The van der Waals surface area contributed by atoms with Gasteiger partial charge in [0.15, 0.2) is 5.65 Å². The third kappa shape index (κ3) is 4.36. The van der Waals surface area contributed by atoms with Gasteiger partial charge in [-0.15, -0.1) is 11.3 Å². The highest BCUT2D eigenvalue weighted by molar-refractivity contribution is 7.16. The van der Waals surface area contributed by atoms with Crippen LogP contribution in [0.4, 0.5) is 8.78 Å². The topological polar surface area (TPSA) is 59.2 Å². The summed E-state index contributed by atoms with van der Waals surface area (Å²) in [6.45, 7) is 4.52. The van der Waals surface area contributed by atoms with Crippen LogP contribution in [-0.4, -0.2) is 48.6 Å². The molecule has 1 aliphatic carbocycles. The predicted octanol–water partition coefficient (Wildman–Crippen LogP) is 5.67. The summed E-state index contributed by atoms with van der Waals surface area (Å²) in [6.07, 6.45) is 9.41. The first-order chi connectivity index (χ1) is 15.6. The Hall–Kier alpha value is -2.52. The van der Waals surface area contributed by atoms with Crippen molar-refractivity contribution in [2.45, 2.75) is 57.9 Å². The van der Waals surface area contributed by atoms with Crippen LogP contribution in [0.2, 0.25) is 0 Å². The van der Waals surface area contributed by atoms with Gasteiger partial charge in [0.05, 0.1) is 29.2 Å². The lowest BCUT2D eigenvalue weighted by Crippen LogP contribution is -2.45. The number of aromatic nitrogens is 5. The monoisotopic (exact) mass is 456 g/mol. The Morgan fingerprint density at radius 2 is 1.88 bits per heavy atom. The summed E-state index contributed by atoms with van der Waals surface area (Å²) in [5.41, 5.74) is 2.23. The van der Waals surface area contributed by atoms with E-state index < -0.39 is 6.43 Å². The predicted molar refractivity (Wildman–Crippen MR) is 122 cm³/mol. The number of thiophene rings is 1. The molecular weight excluding hydrogens is 430 g/mol. The molecule has 5 heterocycles. The third-order valence-corrected chi connectivity index (χ3v) is 7.02. The van der Waals surface area contributed by atoms with E-state index in [0.717, 1.165) is 16.4 Å². The molecule has 168 valence electrons. The molecule has 4 aromatic heterocycles. The Morgan fingerprint density at radius 1 is 1.06 bits per heavy atom. The van der Waals surface area contributed by atoms with Crippen LogP contribution in [0.3, 0.4) is 0 Å². The lowest BCUT2D eigenvalue weighted by atomic mass is 9.92. The Kier molecular flexibility index (Phi) is 6.10. The van der Waals surface area contributed by atoms with E-state index in [2.05, 4.69) is 25.0 Å². The highest BCUT2D eigenvalue weighted by Crippen LogP contribution is 2.28. The second-order valence-corrected chi connectivity index (χ2v) is 9.38. The molecule has 0 amide bonds. The molecule has 2 fully saturated rings. The van der Waals surface area contributed by atoms with E-state index in [1.54, 1.807) is 19.3 Å². The zero-order valence-corrected chi connectivity index (χ0v) is 18.9. The van der Waals surface area contributed by atoms with Crippen molar-refractivity contribution in [3.63, 3.8) is 0 Å². The largest absolute Gasteiger partial charge is 0.300 e. The minimum Gasteiger partial charge on any atom is -0.300 e. The molecule has 32 heavy (non-hydrogen) atoms. The Labute approximate surface area is 189 Å². The molecule has 0 radical (unpaired) electrons. The van der Waals surface area contributed by atoms with Crippen LogP contribution in [0, 0.1) is 6.92 Å². The Morgan fingerprint density at radius 3 is 2.59 bits per heavy atom. The minimum atomic E-state index is -2.63. The molecule has 2 aliphatic rings. The maximum Gasteiger partial charge on any atom is 0.267 e. The van der Waals surface area contributed by atoms with Crippen molar-refractivity contribution >= 4 is 27.3 Å². The van der Waals surface area contributed by atoms with Gasteiger partial charge < -0.3 is 4.90 Å². The van der Waals surface area contributed by atoms with Crippen LogP contribution < -0.4 is 0 Å². The highest BCUT2D eigenvalue weighted by atomic mass is 32.1. The first-order valence-electron chi connectivity index (χ1n) is 11.2. The molecule has 4 aromatic rings. The van der Waals surface area contributed by atoms with Crippen molar-refractivity contribution in [3.8, 4) is 11.4 Å². The average Bonchev–Trinajstić information content (AvgIpc) is 3.37. The number of likely N-dealkylation sites (tertiary alicyclic amines) is 1. The Bertz CT molecular complexity index is 1210. The van der Waals surface area contributed by atoms with Crippen molar-refractivity contribution in [3.05, 3.63) is 41.2 Å². The number of rotatable bonds is 3. The lowest BCUT2D eigenvalue weighted by molar-refractivity contribution is 0.0913. The van der Waals surface area contributed by atoms with Crippen molar-refractivity contribution in [2.75, 3.05) is 13.1 Å². The van der Waals surface area contributed by atoms with Gasteiger partial charge in [0.2, 0.25) is 0 Å². The first kappa shape index (κ1) is 21.3. The quantitative estimate of drug-likeness (QED) is 0.397. The molecule has 1 aliphatic heterocycles. The first-order valence-corrected chi connectivity index (χ1v) is 12.1. The molecule has 0 aromatic carbocycles. The van der Waals surface area contributed by atoms with E-state index in [1.807, 2.05) is 11.4 Å². The van der Waals surface area contributed by atoms with Crippen LogP contribution >= 0.6 is 11.3 Å². The van der Waals surface area contributed by atoms with Gasteiger partial charge in [0, 0.05) is 6.04 Å².